The first-order chi connectivity index (χ1) is 13.7. The van der Waals surface area contributed by atoms with Crippen LogP contribution in [0.15, 0.2) is 0 Å². The van der Waals surface area contributed by atoms with Gasteiger partial charge in [-0.2, -0.15) is 0 Å². The topological polar surface area (TPSA) is 20.2 Å². The van der Waals surface area contributed by atoms with Gasteiger partial charge in [0.2, 0.25) is 0 Å². The zero-order chi connectivity index (χ0) is 21.0. The van der Waals surface area contributed by atoms with E-state index in [4.69, 9.17) is 0 Å². The minimum absolute atomic E-state index is 0.0246. The summed E-state index contributed by atoms with van der Waals surface area (Å²) >= 11 is 0. The molecule has 0 radical (unpaired) electrons. The molecule has 1 nitrogen and oxygen atoms in total. The molecule has 1 N–H and O–H groups in total. The zero-order valence-electron chi connectivity index (χ0n) is 20.4. The summed E-state index contributed by atoms with van der Waals surface area (Å²) in [6, 6.07) is 0. The van der Waals surface area contributed by atoms with Crippen LogP contribution in [0.3, 0.4) is 0 Å². The van der Waals surface area contributed by atoms with Crippen LogP contribution in [0.4, 0.5) is 0 Å². The minimum atomic E-state index is -0.0246. The molecule has 0 spiro atoms. The number of aliphatic hydroxyl groups is 1. The predicted octanol–water partition coefficient (Wildman–Crippen LogP) is 7.71. The Balaban J connectivity index is 1.50. The molecule has 0 saturated heterocycles. The van der Waals surface area contributed by atoms with Gasteiger partial charge in [0.25, 0.3) is 0 Å². The average molecular weight is 403 g/mol. The van der Waals surface area contributed by atoms with E-state index in [0.29, 0.717) is 10.8 Å². The quantitative estimate of drug-likeness (QED) is 0.499. The van der Waals surface area contributed by atoms with Crippen LogP contribution in [-0.4, -0.2) is 11.2 Å². The normalized spacial score (nSPS) is 50.7. The first-order valence-electron chi connectivity index (χ1n) is 13.3. The smallest absolute Gasteiger partial charge is 0.0543 e. The Morgan fingerprint density at radius 3 is 2.24 bits per heavy atom. The Kier molecular flexibility index (Phi) is 6.22. The Morgan fingerprint density at radius 2 is 1.52 bits per heavy atom. The van der Waals surface area contributed by atoms with E-state index in [-0.39, 0.29) is 6.10 Å². The maximum Gasteiger partial charge on any atom is 0.0543 e. The SMILES string of the molecule is CC(C)CCCC(C)C1CCC2C3CC(C)C4CC(O)CCC4(C)C3CCC12C. The Morgan fingerprint density at radius 1 is 0.828 bits per heavy atom. The Labute approximate surface area is 181 Å². The van der Waals surface area contributed by atoms with Crippen molar-refractivity contribution in [3.63, 3.8) is 0 Å². The summed E-state index contributed by atoms with van der Waals surface area (Å²) in [5.41, 5.74) is 1.11. The molecule has 4 fully saturated rings. The second kappa shape index (κ2) is 8.14. The molecular weight excluding hydrogens is 352 g/mol. The van der Waals surface area contributed by atoms with E-state index in [1.165, 1.54) is 57.8 Å². The minimum Gasteiger partial charge on any atom is -0.393 e. The van der Waals surface area contributed by atoms with Gasteiger partial charge in [-0.15, -0.1) is 0 Å². The molecule has 1 heteroatoms. The second-order valence-corrected chi connectivity index (χ2v) is 13.2. The van der Waals surface area contributed by atoms with Gasteiger partial charge in [0.15, 0.2) is 0 Å². The third kappa shape index (κ3) is 3.74. The molecule has 4 aliphatic rings. The molecule has 0 aromatic rings. The molecule has 0 bridgehead atoms. The van der Waals surface area contributed by atoms with Crippen LogP contribution in [0.25, 0.3) is 0 Å². The van der Waals surface area contributed by atoms with Crippen molar-refractivity contribution in [1.82, 2.24) is 0 Å². The summed E-state index contributed by atoms with van der Waals surface area (Å²) in [4.78, 5) is 0. The highest BCUT2D eigenvalue weighted by Gasteiger charge is 2.61. The molecule has 4 saturated carbocycles. The third-order valence-corrected chi connectivity index (χ3v) is 11.2. The lowest BCUT2D eigenvalue weighted by atomic mass is 9.42. The average Bonchev–Trinajstić information content (AvgIpc) is 3.00. The number of fused-ring (bicyclic) bond motifs is 5. The van der Waals surface area contributed by atoms with E-state index in [1.807, 2.05) is 0 Å². The Hall–Kier alpha value is -0.0400. The molecule has 4 aliphatic carbocycles. The molecule has 10 unspecified atom stereocenters. The number of aliphatic hydroxyl groups excluding tert-OH is 1. The van der Waals surface area contributed by atoms with Crippen molar-refractivity contribution < 1.29 is 5.11 Å². The van der Waals surface area contributed by atoms with Gasteiger partial charge in [0, 0.05) is 0 Å². The molecule has 0 aromatic heterocycles. The van der Waals surface area contributed by atoms with E-state index < -0.39 is 0 Å². The molecule has 4 rings (SSSR count). The van der Waals surface area contributed by atoms with E-state index in [2.05, 4.69) is 41.5 Å². The van der Waals surface area contributed by atoms with Crippen LogP contribution in [0.2, 0.25) is 0 Å². The fourth-order valence-electron chi connectivity index (χ4n) is 9.74. The van der Waals surface area contributed by atoms with Gasteiger partial charge in [-0.25, -0.2) is 0 Å². The molecule has 29 heavy (non-hydrogen) atoms. The van der Waals surface area contributed by atoms with Gasteiger partial charge in [0.05, 0.1) is 6.10 Å². The number of rotatable bonds is 5. The number of hydrogen-bond donors (Lipinski definition) is 1. The van der Waals surface area contributed by atoms with Crippen molar-refractivity contribution in [1.29, 1.82) is 0 Å². The summed E-state index contributed by atoms with van der Waals surface area (Å²) < 4.78 is 0. The van der Waals surface area contributed by atoms with Crippen LogP contribution >= 0.6 is 0 Å². The summed E-state index contributed by atoms with van der Waals surface area (Å²) in [7, 11) is 0. The summed E-state index contributed by atoms with van der Waals surface area (Å²) in [5.74, 6) is 7.19. The molecular formula is C28H50O. The second-order valence-electron chi connectivity index (χ2n) is 13.2. The molecule has 0 aliphatic heterocycles. The van der Waals surface area contributed by atoms with Crippen molar-refractivity contribution in [2.24, 2.45) is 58.2 Å². The predicted molar refractivity (Wildman–Crippen MR) is 124 cm³/mol. The summed E-state index contributed by atoms with van der Waals surface area (Å²) in [6.45, 7) is 15.2. The molecule has 0 amide bonds. The summed E-state index contributed by atoms with van der Waals surface area (Å²) in [5, 5.41) is 10.4. The molecule has 0 aromatic carbocycles. The van der Waals surface area contributed by atoms with Gasteiger partial charge >= 0.3 is 0 Å². The van der Waals surface area contributed by atoms with Crippen LogP contribution < -0.4 is 0 Å². The highest BCUT2D eigenvalue weighted by Crippen LogP contribution is 2.69. The number of hydrogen-bond acceptors (Lipinski definition) is 1. The largest absolute Gasteiger partial charge is 0.393 e. The standard InChI is InChI=1S/C28H50O/c1-18(2)8-7-9-19(3)23-10-11-24-22-16-20(4)26-17-21(29)12-14-28(26,6)25(22)13-15-27(23,24)5/h18-26,29H,7-17H2,1-6H3. The first-order valence-corrected chi connectivity index (χ1v) is 13.3. The van der Waals surface area contributed by atoms with Crippen LogP contribution in [0.5, 0.6) is 0 Å². The van der Waals surface area contributed by atoms with Crippen LogP contribution in [0, 0.1) is 58.2 Å². The molecule has 10 atom stereocenters. The fraction of sp³-hybridized carbons (Fsp3) is 1.00. The van der Waals surface area contributed by atoms with E-state index in [0.717, 1.165) is 60.2 Å². The Bertz CT molecular complexity index is 569. The highest BCUT2D eigenvalue weighted by molar-refractivity contribution is 5.10. The van der Waals surface area contributed by atoms with Crippen molar-refractivity contribution in [2.45, 2.75) is 118 Å². The van der Waals surface area contributed by atoms with Gasteiger partial charge in [-0.1, -0.05) is 60.8 Å². The zero-order valence-corrected chi connectivity index (χ0v) is 20.4. The van der Waals surface area contributed by atoms with Gasteiger partial charge in [0.1, 0.15) is 0 Å². The van der Waals surface area contributed by atoms with Gasteiger partial charge in [-0.3, -0.25) is 0 Å². The fourth-order valence-corrected chi connectivity index (χ4v) is 9.74. The highest BCUT2D eigenvalue weighted by atomic mass is 16.3. The lowest BCUT2D eigenvalue weighted by Crippen LogP contribution is -2.56. The van der Waals surface area contributed by atoms with Gasteiger partial charge in [-0.05, 0) is 110 Å². The van der Waals surface area contributed by atoms with Crippen LogP contribution in [0.1, 0.15) is 112 Å². The lowest BCUT2D eigenvalue weighted by Gasteiger charge is -2.63. The van der Waals surface area contributed by atoms with E-state index in [9.17, 15) is 5.11 Å². The van der Waals surface area contributed by atoms with E-state index in [1.54, 1.807) is 0 Å². The van der Waals surface area contributed by atoms with E-state index >= 15 is 0 Å². The van der Waals surface area contributed by atoms with Crippen molar-refractivity contribution >= 4 is 0 Å². The van der Waals surface area contributed by atoms with Crippen molar-refractivity contribution in [2.75, 3.05) is 0 Å². The van der Waals surface area contributed by atoms with Crippen LogP contribution in [-0.2, 0) is 0 Å². The third-order valence-electron chi connectivity index (χ3n) is 11.2. The molecule has 168 valence electrons. The van der Waals surface area contributed by atoms with Crippen molar-refractivity contribution in [3.05, 3.63) is 0 Å². The maximum atomic E-state index is 10.4. The van der Waals surface area contributed by atoms with Gasteiger partial charge < -0.3 is 5.11 Å². The lowest BCUT2D eigenvalue weighted by molar-refractivity contribution is -0.149. The monoisotopic (exact) mass is 402 g/mol. The molecule has 0 heterocycles. The maximum absolute atomic E-state index is 10.4. The van der Waals surface area contributed by atoms with Crippen molar-refractivity contribution in [3.8, 4) is 0 Å². The first kappa shape index (κ1) is 22.2. The summed E-state index contributed by atoms with van der Waals surface area (Å²) in [6.07, 6.45) is 15.1.